The van der Waals surface area contributed by atoms with Crippen molar-refractivity contribution in [3.63, 3.8) is 0 Å². The summed E-state index contributed by atoms with van der Waals surface area (Å²) in [5.74, 6) is 0.162. The van der Waals surface area contributed by atoms with Gasteiger partial charge in [-0.15, -0.1) is 7.77 Å². The van der Waals surface area contributed by atoms with Gasteiger partial charge in [-0.3, -0.25) is 0 Å². The van der Waals surface area contributed by atoms with Crippen molar-refractivity contribution in [2.24, 2.45) is 0 Å². The van der Waals surface area contributed by atoms with E-state index in [1.807, 2.05) is 0 Å². The quantitative estimate of drug-likeness (QED) is 0.630. The summed E-state index contributed by atoms with van der Waals surface area (Å²) >= 11 is 5.14. The molecule has 0 N–H and O–H groups in total. The van der Waals surface area contributed by atoms with E-state index in [2.05, 4.69) is 10.1 Å². The molecule has 0 radical (unpaired) electrons. The van der Waals surface area contributed by atoms with Gasteiger partial charge < -0.3 is 0 Å². The van der Waals surface area contributed by atoms with Crippen LogP contribution in [0.2, 0.25) is 5.15 Å². The molecule has 0 saturated heterocycles. The van der Waals surface area contributed by atoms with Crippen LogP contribution in [0.4, 0.5) is 13.6 Å². The van der Waals surface area contributed by atoms with Crippen LogP contribution < -0.4 is 3.71 Å². The predicted octanol–water partition coefficient (Wildman–Crippen LogP) is 3.25. The highest BCUT2D eigenvalue weighted by atomic mass is 35.5. The largest absolute Gasteiger partial charge is 0.217 e. The van der Waals surface area contributed by atoms with Crippen LogP contribution >= 0.6 is 36.3 Å². The van der Waals surface area contributed by atoms with E-state index in [1.165, 1.54) is 16.8 Å². The molecule has 0 saturated carbocycles. The van der Waals surface area contributed by atoms with E-state index in [4.69, 9.17) is 11.6 Å². The molecule has 0 fully saturated rings. The molecule has 2 aromatic rings. The maximum Gasteiger partial charge on any atom is 0.179 e. The van der Waals surface area contributed by atoms with E-state index in [1.54, 1.807) is 6.07 Å². The highest BCUT2D eigenvalue weighted by Gasteiger charge is 2.15. The first-order chi connectivity index (χ1) is 7.26. The Morgan fingerprint density at radius 3 is 2.80 bits per heavy atom. The maximum absolute atomic E-state index is 12.4. The first-order valence-electron chi connectivity index (χ1n) is 3.64. The number of rotatable bonds is 3. The molecule has 15 heavy (non-hydrogen) atoms. The molecule has 4 nitrogen and oxygen atoms in total. The molecule has 2 aromatic heterocycles. The summed E-state index contributed by atoms with van der Waals surface area (Å²) in [7, 11) is 0. The van der Waals surface area contributed by atoms with E-state index in [0.29, 0.717) is 9.36 Å². The van der Waals surface area contributed by atoms with E-state index >= 15 is 0 Å². The maximum atomic E-state index is 12.4. The Hall–Kier alpha value is -0.730. The van der Waals surface area contributed by atoms with Gasteiger partial charge in [0.2, 0.25) is 0 Å². The van der Waals surface area contributed by atoms with Gasteiger partial charge in [0, 0.05) is 12.1 Å². The lowest BCUT2D eigenvalue weighted by molar-refractivity contribution is 0.900. The lowest BCUT2D eigenvalue weighted by Gasteiger charge is -2.12. The third-order valence-corrected chi connectivity index (χ3v) is 2.78. The second-order valence-electron chi connectivity index (χ2n) is 2.43. The summed E-state index contributed by atoms with van der Waals surface area (Å²) in [6.45, 7) is 0. The minimum atomic E-state index is -0.276. The van der Waals surface area contributed by atoms with Gasteiger partial charge in [0.1, 0.15) is 5.15 Å². The Kier molecular flexibility index (Phi) is 3.17. The fraction of sp³-hybridized carbons (Fsp3) is 0. The Morgan fingerprint density at radius 2 is 2.13 bits per heavy atom. The monoisotopic (exact) mass is 268 g/mol. The predicted molar refractivity (Wildman–Crippen MR) is 57.9 cm³/mol. The molecule has 2 rings (SSSR count). The first kappa shape index (κ1) is 10.8. The van der Waals surface area contributed by atoms with Crippen LogP contribution in [0.25, 0.3) is 5.65 Å². The molecule has 0 atom stereocenters. The van der Waals surface area contributed by atoms with Gasteiger partial charge >= 0.3 is 0 Å². The van der Waals surface area contributed by atoms with Gasteiger partial charge in [-0.05, 0) is 0 Å². The van der Waals surface area contributed by atoms with Gasteiger partial charge in [0.05, 0.1) is 6.20 Å². The fourth-order valence-electron chi connectivity index (χ4n) is 1.08. The number of hydrogen-bond acceptors (Lipinski definition) is 5. The normalized spacial score (nSPS) is 10.9. The van der Waals surface area contributed by atoms with Gasteiger partial charge in [-0.1, -0.05) is 11.6 Å². The lowest BCUT2D eigenvalue weighted by Crippen LogP contribution is -2.06. The Bertz CT molecular complexity index is 475. The van der Waals surface area contributed by atoms with Crippen molar-refractivity contribution in [3.8, 4) is 0 Å². The van der Waals surface area contributed by atoms with Crippen LogP contribution in [0.5, 0.6) is 0 Å². The average molecular weight is 269 g/mol. The Labute approximate surface area is 97.5 Å². The summed E-state index contributed by atoms with van der Waals surface area (Å²) in [6.07, 6.45) is 1.46. The van der Waals surface area contributed by atoms with Crippen molar-refractivity contribution in [1.29, 1.82) is 0 Å². The van der Waals surface area contributed by atoms with E-state index in [0.717, 1.165) is 0 Å². The van der Waals surface area contributed by atoms with Gasteiger partial charge in [0.25, 0.3) is 0 Å². The molecule has 9 heteroatoms. The van der Waals surface area contributed by atoms with Crippen LogP contribution in [0, 0.1) is 0 Å². The summed E-state index contributed by atoms with van der Waals surface area (Å²) in [5, 5.41) is 4.01. The lowest BCUT2D eigenvalue weighted by atomic mass is 10.5. The summed E-state index contributed by atoms with van der Waals surface area (Å²) < 4.78 is 26.7. The number of anilines is 1. The molecule has 2 heterocycles. The number of hydrogen-bond donors (Lipinski definition) is 0. The van der Waals surface area contributed by atoms with E-state index < -0.39 is 0 Å². The molecule has 0 amide bonds. The summed E-state index contributed by atoms with van der Waals surface area (Å²) in [6, 6.07) is 2.90. The summed E-state index contributed by atoms with van der Waals surface area (Å²) in [5.41, 5.74) is 0.422. The highest BCUT2D eigenvalue weighted by molar-refractivity contribution is 8.13. The van der Waals surface area contributed by atoms with Crippen molar-refractivity contribution in [2.75, 3.05) is 3.71 Å². The first-order valence-corrected chi connectivity index (χ1v) is 5.36. The third-order valence-electron chi connectivity index (χ3n) is 1.62. The zero-order valence-corrected chi connectivity index (χ0v) is 9.36. The molecule has 0 spiro atoms. The molecule has 80 valence electrons. The SMILES string of the molecule is FSN(SF)c1cc(Cl)nc2ccnn12. The minimum absolute atomic E-state index is 0.145. The molecule has 0 unspecified atom stereocenters. The van der Waals surface area contributed by atoms with E-state index in [-0.39, 0.29) is 35.6 Å². The van der Waals surface area contributed by atoms with Gasteiger partial charge in [-0.2, -0.15) is 13.3 Å². The molecule has 0 aliphatic heterocycles. The standard InChI is InChI=1S/C6H3ClF2N4S2/c7-4-3-6(13(14-8)15-9)12-5(11-4)1-2-10-12/h1-3H. The number of halogens is 3. The van der Waals surface area contributed by atoms with Gasteiger partial charge in [-0.25, -0.2) is 4.98 Å². The van der Waals surface area contributed by atoms with Crippen LogP contribution in [-0.4, -0.2) is 14.6 Å². The zero-order chi connectivity index (χ0) is 10.8. The molecular formula is C6H3ClF2N4S2. The molecule has 0 aliphatic rings. The number of fused-ring (bicyclic) bond motifs is 1. The third kappa shape index (κ3) is 1.97. The second kappa shape index (κ2) is 4.42. The minimum Gasteiger partial charge on any atom is -0.217 e. The van der Waals surface area contributed by atoms with Crippen molar-refractivity contribution in [2.45, 2.75) is 0 Å². The van der Waals surface area contributed by atoms with Crippen LogP contribution in [-0.2, 0) is 0 Å². The van der Waals surface area contributed by atoms with Gasteiger partial charge in [0.15, 0.2) is 36.1 Å². The Balaban J connectivity index is 2.61. The highest BCUT2D eigenvalue weighted by Crippen LogP contribution is 2.32. The van der Waals surface area contributed by atoms with Crippen molar-refractivity contribution in [3.05, 3.63) is 23.5 Å². The molecule has 0 aliphatic carbocycles. The van der Waals surface area contributed by atoms with Crippen LogP contribution in [0.1, 0.15) is 0 Å². The fourth-order valence-corrected chi connectivity index (χ4v) is 1.75. The average Bonchev–Trinajstić information content (AvgIpc) is 2.67. The second-order valence-corrected chi connectivity index (χ2v) is 4.06. The molecule has 0 aromatic carbocycles. The number of aromatic nitrogens is 3. The van der Waals surface area contributed by atoms with Crippen molar-refractivity contribution >= 4 is 47.7 Å². The van der Waals surface area contributed by atoms with Crippen LogP contribution in [0.3, 0.4) is 0 Å². The zero-order valence-electron chi connectivity index (χ0n) is 6.97. The summed E-state index contributed by atoms with van der Waals surface area (Å²) in [4.78, 5) is 3.92. The van der Waals surface area contributed by atoms with E-state index in [9.17, 15) is 7.77 Å². The topological polar surface area (TPSA) is 33.4 Å². The Morgan fingerprint density at radius 1 is 1.40 bits per heavy atom. The molecular weight excluding hydrogens is 266 g/mol. The molecule has 0 bridgehead atoms. The smallest absolute Gasteiger partial charge is 0.179 e. The van der Waals surface area contributed by atoms with Crippen molar-refractivity contribution < 1.29 is 7.77 Å². The van der Waals surface area contributed by atoms with Crippen molar-refractivity contribution in [1.82, 2.24) is 14.6 Å². The number of nitrogens with zero attached hydrogens (tertiary/aromatic N) is 4. The van der Waals surface area contributed by atoms with Crippen LogP contribution in [0.15, 0.2) is 18.3 Å².